The van der Waals surface area contributed by atoms with Crippen LogP contribution in [0.2, 0.25) is 5.02 Å². The van der Waals surface area contributed by atoms with Crippen molar-refractivity contribution in [2.45, 2.75) is 0 Å². The molecule has 0 heterocycles. The number of benzene rings is 4. The summed E-state index contributed by atoms with van der Waals surface area (Å²) in [5.74, 6) is 0. The second kappa shape index (κ2) is 8.02. The monoisotopic (exact) mass is 496 g/mol. The van der Waals surface area contributed by atoms with Gasteiger partial charge < -0.3 is 0 Å². The summed E-state index contributed by atoms with van der Waals surface area (Å²) in [4.78, 5) is 0. The van der Waals surface area contributed by atoms with Crippen LogP contribution in [0.5, 0.6) is 0 Å². The SMILES string of the molecule is Clc1ccc(-c2cc(-c3ccc(Br)cc3)cc(-c3ccc(Br)cc3)c2)cc1. The van der Waals surface area contributed by atoms with Gasteiger partial charge in [-0.3, -0.25) is 0 Å². The number of rotatable bonds is 3. The van der Waals surface area contributed by atoms with Crippen molar-refractivity contribution in [2.75, 3.05) is 0 Å². The summed E-state index contributed by atoms with van der Waals surface area (Å²) in [6.07, 6.45) is 0. The van der Waals surface area contributed by atoms with Crippen molar-refractivity contribution in [2.24, 2.45) is 0 Å². The van der Waals surface area contributed by atoms with Crippen LogP contribution in [0.4, 0.5) is 0 Å². The zero-order valence-electron chi connectivity index (χ0n) is 14.3. The maximum atomic E-state index is 6.07. The van der Waals surface area contributed by atoms with Crippen LogP contribution in [-0.4, -0.2) is 0 Å². The van der Waals surface area contributed by atoms with Gasteiger partial charge in [0.2, 0.25) is 0 Å². The molecule has 4 aromatic carbocycles. The van der Waals surface area contributed by atoms with E-state index in [1.165, 1.54) is 27.8 Å². The van der Waals surface area contributed by atoms with Crippen LogP contribution >= 0.6 is 43.5 Å². The Morgan fingerprint density at radius 1 is 0.407 bits per heavy atom. The molecule has 27 heavy (non-hydrogen) atoms. The van der Waals surface area contributed by atoms with Crippen molar-refractivity contribution in [1.29, 1.82) is 0 Å². The third-order valence-corrected chi connectivity index (χ3v) is 5.77. The lowest BCUT2D eigenvalue weighted by Crippen LogP contribution is -1.86. The molecular weight excluding hydrogens is 484 g/mol. The number of hydrogen-bond acceptors (Lipinski definition) is 0. The zero-order chi connectivity index (χ0) is 18.8. The van der Waals surface area contributed by atoms with Crippen molar-refractivity contribution in [3.8, 4) is 33.4 Å². The lowest BCUT2D eigenvalue weighted by Gasteiger charge is -2.12. The fraction of sp³-hybridized carbons (Fsp3) is 0. The van der Waals surface area contributed by atoms with E-state index in [2.05, 4.69) is 111 Å². The number of hydrogen-bond donors (Lipinski definition) is 0. The summed E-state index contributed by atoms with van der Waals surface area (Å²) in [7, 11) is 0. The van der Waals surface area contributed by atoms with E-state index < -0.39 is 0 Å². The fourth-order valence-electron chi connectivity index (χ4n) is 3.05. The molecule has 0 spiro atoms. The van der Waals surface area contributed by atoms with Gasteiger partial charge in [0, 0.05) is 14.0 Å². The molecule has 0 saturated heterocycles. The molecular formula is C24H15Br2Cl. The molecule has 3 heteroatoms. The van der Waals surface area contributed by atoms with E-state index in [1.54, 1.807) is 0 Å². The first-order valence-electron chi connectivity index (χ1n) is 8.51. The van der Waals surface area contributed by atoms with Gasteiger partial charge in [-0.1, -0.05) is 79.9 Å². The topological polar surface area (TPSA) is 0 Å². The van der Waals surface area contributed by atoms with Gasteiger partial charge >= 0.3 is 0 Å². The molecule has 0 aromatic heterocycles. The average molecular weight is 499 g/mol. The minimum Gasteiger partial charge on any atom is -0.0843 e. The van der Waals surface area contributed by atoms with Gasteiger partial charge in [-0.2, -0.15) is 0 Å². The Labute approximate surface area is 181 Å². The van der Waals surface area contributed by atoms with E-state index in [0.29, 0.717) is 0 Å². The summed E-state index contributed by atoms with van der Waals surface area (Å²) >= 11 is 13.1. The van der Waals surface area contributed by atoms with Crippen LogP contribution in [0.25, 0.3) is 33.4 Å². The second-order valence-corrected chi connectivity index (χ2v) is 8.59. The van der Waals surface area contributed by atoms with E-state index >= 15 is 0 Å². The molecule has 0 aliphatic heterocycles. The van der Waals surface area contributed by atoms with Crippen LogP contribution in [0, 0.1) is 0 Å². The highest BCUT2D eigenvalue weighted by Gasteiger charge is 2.08. The van der Waals surface area contributed by atoms with Gasteiger partial charge in [0.05, 0.1) is 0 Å². The molecule has 0 aliphatic carbocycles. The summed E-state index contributed by atoms with van der Waals surface area (Å²) in [6.45, 7) is 0. The summed E-state index contributed by atoms with van der Waals surface area (Å²) in [5.41, 5.74) is 7.07. The van der Waals surface area contributed by atoms with Gasteiger partial charge in [-0.05, 0) is 88.0 Å². The Morgan fingerprint density at radius 2 is 0.704 bits per heavy atom. The Balaban J connectivity index is 1.89. The fourth-order valence-corrected chi connectivity index (χ4v) is 3.71. The largest absolute Gasteiger partial charge is 0.0843 e. The van der Waals surface area contributed by atoms with Gasteiger partial charge in [-0.15, -0.1) is 0 Å². The van der Waals surface area contributed by atoms with Crippen LogP contribution in [0.3, 0.4) is 0 Å². The molecule has 4 aromatic rings. The molecule has 0 fully saturated rings. The molecule has 4 rings (SSSR count). The predicted octanol–water partition coefficient (Wildman–Crippen LogP) is 8.87. The molecule has 0 saturated carbocycles. The van der Waals surface area contributed by atoms with Crippen LogP contribution in [0.15, 0.2) is 99.9 Å². The quantitative estimate of drug-likeness (QED) is 0.265. The molecule has 0 amide bonds. The van der Waals surface area contributed by atoms with E-state index in [4.69, 9.17) is 11.6 Å². The summed E-state index contributed by atoms with van der Waals surface area (Å²) in [6, 6.07) is 31.5. The number of halogens is 3. The molecule has 0 aliphatic rings. The zero-order valence-corrected chi connectivity index (χ0v) is 18.2. The summed E-state index contributed by atoms with van der Waals surface area (Å²) < 4.78 is 2.15. The smallest absolute Gasteiger partial charge is 0.0406 e. The van der Waals surface area contributed by atoms with E-state index in [9.17, 15) is 0 Å². The lowest BCUT2D eigenvalue weighted by molar-refractivity contribution is 1.55. The highest BCUT2D eigenvalue weighted by atomic mass is 79.9. The maximum Gasteiger partial charge on any atom is 0.0406 e. The Bertz CT molecular complexity index is 913. The first-order valence-corrected chi connectivity index (χ1v) is 10.5. The Hall–Kier alpha value is -1.87. The average Bonchev–Trinajstić information content (AvgIpc) is 2.69. The standard InChI is InChI=1S/C24H15Br2Cl/c25-22-7-1-16(2-8-22)19-13-20(17-3-9-23(26)10-4-17)15-21(14-19)18-5-11-24(27)12-6-18/h1-15H. The third-order valence-electron chi connectivity index (χ3n) is 4.47. The van der Waals surface area contributed by atoms with E-state index in [-0.39, 0.29) is 0 Å². The van der Waals surface area contributed by atoms with Crippen molar-refractivity contribution in [1.82, 2.24) is 0 Å². The first-order chi connectivity index (χ1) is 13.1. The minimum atomic E-state index is 0.746. The van der Waals surface area contributed by atoms with Gasteiger partial charge in [0.1, 0.15) is 0 Å². The Morgan fingerprint density at radius 3 is 1.04 bits per heavy atom. The molecule has 0 atom stereocenters. The molecule has 132 valence electrons. The normalized spacial score (nSPS) is 10.8. The molecule has 0 bridgehead atoms. The van der Waals surface area contributed by atoms with Gasteiger partial charge in [0.15, 0.2) is 0 Å². The van der Waals surface area contributed by atoms with Crippen molar-refractivity contribution >= 4 is 43.5 Å². The van der Waals surface area contributed by atoms with Crippen molar-refractivity contribution in [3.05, 3.63) is 105 Å². The Kier molecular flexibility index (Phi) is 5.49. The molecule has 0 nitrogen and oxygen atoms in total. The van der Waals surface area contributed by atoms with Crippen LogP contribution < -0.4 is 0 Å². The van der Waals surface area contributed by atoms with Gasteiger partial charge in [0.25, 0.3) is 0 Å². The predicted molar refractivity (Wildman–Crippen MR) is 123 cm³/mol. The minimum absolute atomic E-state index is 0.746. The van der Waals surface area contributed by atoms with Crippen LogP contribution in [-0.2, 0) is 0 Å². The van der Waals surface area contributed by atoms with Crippen LogP contribution in [0.1, 0.15) is 0 Å². The summed E-state index contributed by atoms with van der Waals surface area (Å²) in [5, 5.41) is 0.746. The highest BCUT2D eigenvalue weighted by Crippen LogP contribution is 2.34. The van der Waals surface area contributed by atoms with E-state index in [0.717, 1.165) is 19.5 Å². The van der Waals surface area contributed by atoms with Crippen molar-refractivity contribution in [3.63, 3.8) is 0 Å². The molecule has 0 N–H and O–H groups in total. The highest BCUT2D eigenvalue weighted by molar-refractivity contribution is 9.10. The molecule has 0 radical (unpaired) electrons. The lowest BCUT2D eigenvalue weighted by atomic mass is 9.93. The second-order valence-electron chi connectivity index (χ2n) is 6.32. The first kappa shape index (κ1) is 18.5. The van der Waals surface area contributed by atoms with E-state index in [1.807, 2.05) is 12.1 Å². The maximum absolute atomic E-state index is 6.07. The molecule has 0 unspecified atom stereocenters. The van der Waals surface area contributed by atoms with Gasteiger partial charge in [-0.25, -0.2) is 0 Å². The third kappa shape index (κ3) is 4.35. The van der Waals surface area contributed by atoms with Crippen molar-refractivity contribution < 1.29 is 0 Å².